The first kappa shape index (κ1) is 25.5. The number of carbonyl (C=O) groups excluding carboxylic acids is 1. The van der Waals surface area contributed by atoms with E-state index in [1.54, 1.807) is 61.8 Å². The molecular weight excluding hydrogens is 446 g/mol. The Bertz CT molecular complexity index is 1260. The topological polar surface area (TPSA) is 127 Å². The van der Waals surface area contributed by atoms with Gasteiger partial charge in [-0.1, -0.05) is 12.1 Å². The monoisotopic (exact) mass is 475 g/mol. The van der Waals surface area contributed by atoms with E-state index in [0.717, 1.165) is 16.9 Å². The number of anilines is 3. The highest BCUT2D eigenvalue weighted by molar-refractivity contribution is 6.04. The van der Waals surface area contributed by atoms with Crippen LogP contribution in [0.1, 0.15) is 21.7 Å². The lowest BCUT2D eigenvalue weighted by molar-refractivity contribution is 0.102. The van der Waals surface area contributed by atoms with Gasteiger partial charge in [0, 0.05) is 44.2 Å². The lowest BCUT2D eigenvalue weighted by Gasteiger charge is -2.10. The lowest BCUT2D eigenvalue weighted by Crippen LogP contribution is -2.14. The summed E-state index contributed by atoms with van der Waals surface area (Å²) in [5.74, 6) is 0.171. The van der Waals surface area contributed by atoms with Crippen molar-refractivity contribution in [1.29, 1.82) is 0 Å². The van der Waals surface area contributed by atoms with Crippen LogP contribution in [0.5, 0.6) is 0 Å². The Morgan fingerprint density at radius 1 is 1.09 bits per heavy atom. The van der Waals surface area contributed by atoms with E-state index in [0.29, 0.717) is 29.4 Å². The zero-order valence-corrected chi connectivity index (χ0v) is 20.2. The maximum atomic E-state index is 13.0. The number of aromatic nitrogens is 5. The molecule has 4 rings (SSSR count). The Labute approximate surface area is 204 Å². The third-order valence-electron chi connectivity index (χ3n) is 4.73. The predicted octanol–water partition coefficient (Wildman–Crippen LogP) is 3.60. The summed E-state index contributed by atoms with van der Waals surface area (Å²) in [6, 6.07) is 12.6. The molecule has 0 aromatic carbocycles. The third kappa shape index (κ3) is 6.92. The first-order chi connectivity index (χ1) is 16.9. The molecule has 0 unspecified atom stereocenters. The van der Waals surface area contributed by atoms with Crippen LogP contribution in [0.25, 0.3) is 11.4 Å². The number of rotatable bonds is 7. The van der Waals surface area contributed by atoms with Crippen LogP contribution in [0.15, 0.2) is 61.1 Å². The Hall–Kier alpha value is -4.15. The molecule has 4 heterocycles. The number of aliphatic hydroxyl groups excluding tert-OH is 1. The van der Waals surface area contributed by atoms with E-state index in [9.17, 15) is 9.90 Å². The van der Waals surface area contributed by atoms with Crippen LogP contribution in [0.4, 0.5) is 17.2 Å². The molecule has 0 saturated carbocycles. The van der Waals surface area contributed by atoms with Gasteiger partial charge in [-0.05, 0) is 49.7 Å². The minimum Gasteiger partial charge on any atom is -0.394 e. The van der Waals surface area contributed by atoms with Crippen molar-refractivity contribution in [2.45, 2.75) is 20.4 Å². The molecular formula is C25H29N7O3. The Balaban J connectivity index is 0.00000108. The molecule has 10 nitrogen and oxygen atoms in total. The highest BCUT2D eigenvalue weighted by Crippen LogP contribution is 2.25. The summed E-state index contributed by atoms with van der Waals surface area (Å²) in [6.45, 7) is 4.10. The van der Waals surface area contributed by atoms with Gasteiger partial charge in [0.05, 0.1) is 24.5 Å². The van der Waals surface area contributed by atoms with Crippen molar-refractivity contribution in [2.75, 3.05) is 31.5 Å². The zero-order chi connectivity index (χ0) is 25.2. The van der Waals surface area contributed by atoms with Gasteiger partial charge in [0.25, 0.3) is 5.91 Å². The first-order valence-electron chi connectivity index (χ1n) is 10.9. The van der Waals surface area contributed by atoms with E-state index >= 15 is 0 Å². The average Bonchev–Trinajstić information content (AvgIpc) is 3.25. The Morgan fingerprint density at radius 3 is 2.60 bits per heavy atom. The van der Waals surface area contributed by atoms with Gasteiger partial charge >= 0.3 is 0 Å². The third-order valence-corrected chi connectivity index (χ3v) is 4.73. The Morgan fingerprint density at radius 2 is 1.89 bits per heavy atom. The van der Waals surface area contributed by atoms with Crippen molar-refractivity contribution in [2.24, 2.45) is 0 Å². The molecule has 1 amide bonds. The fourth-order valence-corrected chi connectivity index (χ4v) is 3.14. The summed E-state index contributed by atoms with van der Waals surface area (Å²) in [5.41, 5.74) is 4.61. The van der Waals surface area contributed by atoms with Crippen molar-refractivity contribution in [1.82, 2.24) is 24.7 Å². The second kappa shape index (κ2) is 12.4. The molecule has 0 saturated heterocycles. The molecule has 4 aromatic rings. The summed E-state index contributed by atoms with van der Waals surface area (Å²) in [7, 11) is 3.25. The van der Waals surface area contributed by atoms with E-state index in [-0.39, 0.29) is 18.2 Å². The fraction of sp³-hybridized carbons (Fsp3) is 0.240. The number of nitrogens with zero attached hydrogens (tertiary/aromatic N) is 5. The SMILES string of the molecule is COC.Cc1cc(Nc2cccc(C(=O)Nc3cn(CCO)nc3-c3ccccn3)n2)c(C)cn1. The van der Waals surface area contributed by atoms with Gasteiger partial charge in [0.15, 0.2) is 0 Å². The smallest absolute Gasteiger partial charge is 0.274 e. The largest absolute Gasteiger partial charge is 0.394 e. The highest BCUT2D eigenvalue weighted by atomic mass is 16.4. The molecule has 0 spiro atoms. The molecule has 0 fully saturated rings. The molecule has 0 aliphatic rings. The van der Waals surface area contributed by atoms with Crippen LogP contribution in [-0.4, -0.2) is 56.6 Å². The maximum absolute atomic E-state index is 13.0. The molecule has 35 heavy (non-hydrogen) atoms. The van der Waals surface area contributed by atoms with E-state index in [1.807, 2.05) is 32.0 Å². The number of methoxy groups -OCH3 is 1. The van der Waals surface area contributed by atoms with E-state index < -0.39 is 0 Å². The van der Waals surface area contributed by atoms with E-state index in [2.05, 4.69) is 35.4 Å². The van der Waals surface area contributed by atoms with Crippen molar-refractivity contribution >= 4 is 23.1 Å². The minimum absolute atomic E-state index is 0.0696. The maximum Gasteiger partial charge on any atom is 0.274 e. The van der Waals surface area contributed by atoms with Crippen LogP contribution < -0.4 is 10.6 Å². The number of hydrogen-bond acceptors (Lipinski definition) is 8. The zero-order valence-electron chi connectivity index (χ0n) is 20.2. The molecule has 0 bridgehead atoms. The number of carbonyl (C=O) groups is 1. The average molecular weight is 476 g/mol. The standard InChI is InChI=1S/C23H23N7O2.C2H6O/c1-15-13-25-16(2)12-19(15)27-21-8-5-7-18(26-21)23(32)28-20-14-30(10-11-31)29-22(20)17-6-3-4-9-24-17;1-3-2/h3-9,12-14,31H,10-11H2,1-2H3,(H,28,32)(H,25,26,27);1-2H3. The van der Waals surface area contributed by atoms with Gasteiger partial charge in [-0.15, -0.1) is 0 Å². The summed E-state index contributed by atoms with van der Waals surface area (Å²) < 4.78 is 5.82. The first-order valence-corrected chi connectivity index (χ1v) is 10.9. The number of aryl methyl sites for hydroxylation is 2. The number of amides is 1. The van der Waals surface area contributed by atoms with Crippen molar-refractivity contribution < 1.29 is 14.6 Å². The summed E-state index contributed by atoms with van der Waals surface area (Å²) in [5, 5.41) is 19.8. The normalized spacial score (nSPS) is 10.3. The number of pyridine rings is 3. The fourth-order valence-electron chi connectivity index (χ4n) is 3.14. The molecule has 0 atom stereocenters. The molecule has 0 aliphatic heterocycles. The summed E-state index contributed by atoms with van der Waals surface area (Å²) in [6.07, 6.45) is 5.12. The summed E-state index contributed by atoms with van der Waals surface area (Å²) >= 11 is 0. The molecule has 4 aromatic heterocycles. The number of hydrogen-bond donors (Lipinski definition) is 3. The minimum atomic E-state index is -0.378. The van der Waals surface area contributed by atoms with E-state index in [1.165, 1.54) is 0 Å². The number of nitrogens with one attached hydrogen (secondary N) is 2. The van der Waals surface area contributed by atoms with Crippen molar-refractivity contribution in [3.8, 4) is 11.4 Å². The molecule has 0 aliphatic carbocycles. The number of aliphatic hydroxyl groups is 1. The molecule has 0 radical (unpaired) electrons. The van der Waals surface area contributed by atoms with Crippen molar-refractivity contribution in [3.05, 3.63) is 78.0 Å². The Kier molecular flexibility index (Phi) is 8.99. The van der Waals surface area contributed by atoms with Gasteiger partial charge in [-0.25, -0.2) is 4.98 Å². The van der Waals surface area contributed by atoms with Crippen LogP contribution in [0.3, 0.4) is 0 Å². The van der Waals surface area contributed by atoms with Gasteiger partial charge < -0.3 is 20.5 Å². The second-order valence-corrected chi connectivity index (χ2v) is 7.63. The highest BCUT2D eigenvalue weighted by Gasteiger charge is 2.17. The number of ether oxygens (including phenoxy) is 1. The molecule has 3 N–H and O–H groups in total. The predicted molar refractivity (Wildman–Crippen MR) is 135 cm³/mol. The van der Waals surface area contributed by atoms with Crippen LogP contribution >= 0.6 is 0 Å². The van der Waals surface area contributed by atoms with Crippen LogP contribution in [-0.2, 0) is 11.3 Å². The summed E-state index contributed by atoms with van der Waals surface area (Å²) in [4.78, 5) is 26.0. The van der Waals surface area contributed by atoms with E-state index in [4.69, 9.17) is 0 Å². The quantitative estimate of drug-likeness (QED) is 0.370. The van der Waals surface area contributed by atoms with Crippen LogP contribution in [0.2, 0.25) is 0 Å². The molecule has 182 valence electrons. The van der Waals surface area contributed by atoms with Gasteiger partial charge in [-0.3, -0.25) is 19.4 Å². The van der Waals surface area contributed by atoms with Gasteiger partial charge in [0.1, 0.15) is 17.2 Å². The molecule has 10 heteroatoms. The van der Waals surface area contributed by atoms with Gasteiger partial charge in [-0.2, -0.15) is 5.10 Å². The lowest BCUT2D eigenvalue weighted by atomic mass is 10.2. The van der Waals surface area contributed by atoms with Gasteiger partial charge in [0.2, 0.25) is 0 Å². The van der Waals surface area contributed by atoms with Crippen LogP contribution in [0, 0.1) is 13.8 Å². The second-order valence-electron chi connectivity index (χ2n) is 7.63. The van der Waals surface area contributed by atoms with Crippen molar-refractivity contribution in [3.63, 3.8) is 0 Å².